The van der Waals surface area contributed by atoms with Crippen LogP contribution in [0.25, 0.3) is 0 Å². The molecule has 1 aliphatic rings. The zero-order chi connectivity index (χ0) is 21.5. The summed E-state index contributed by atoms with van der Waals surface area (Å²) in [7, 11) is 0. The topological polar surface area (TPSA) is 26.3 Å². The molecule has 0 N–H and O–H groups in total. The predicted molar refractivity (Wildman–Crippen MR) is 121 cm³/mol. The summed E-state index contributed by atoms with van der Waals surface area (Å²) in [5.41, 5.74) is 2.44. The van der Waals surface area contributed by atoms with E-state index < -0.39 is 5.41 Å². The summed E-state index contributed by atoms with van der Waals surface area (Å²) in [5, 5.41) is 0. The minimum Gasteiger partial charge on any atom is -0.448 e. The zero-order valence-corrected chi connectivity index (χ0v) is 19.2. The van der Waals surface area contributed by atoms with Crippen molar-refractivity contribution in [2.24, 2.45) is 16.7 Å². The van der Waals surface area contributed by atoms with Crippen molar-refractivity contribution in [1.82, 2.24) is 0 Å². The highest BCUT2D eigenvalue weighted by atomic mass is 16.5. The lowest BCUT2D eigenvalue weighted by Gasteiger charge is -2.22. The fourth-order valence-corrected chi connectivity index (χ4v) is 3.60. The van der Waals surface area contributed by atoms with Crippen LogP contribution in [0.1, 0.15) is 79.2 Å². The van der Waals surface area contributed by atoms with Crippen LogP contribution in [0, 0.1) is 28.6 Å². The zero-order valence-electron chi connectivity index (χ0n) is 19.2. The van der Waals surface area contributed by atoms with Crippen LogP contribution in [0.2, 0.25) is 0 Å². The molecule has 0 radical (unpaired) electrons. The van der Waals surface area contributed by atoms with Crippen molar-refractivity contribution in [3.8, 4) is 11.8 Å². The molecule has 29 heavy (non-hydrogen) atoms. The van der Waals surface area contributed by atoms with Crippen LogP contribution in [-0.4, -0.2) is 12.1 Å². The molecule has 0 amide bonds. The van der Waals surface area contributed by atoms with E-state index in [1.807, 2.05) is 26.8 Å². The van der Waals surface area contributed by atoms with Crippen LogP contribution in [0.5, 0.6) is 0 Å². The number of ether oxygens (including phenoxy) is 1. The number of allylic oxidation sites excluding steroid dienone is 2. The molecule has 0 aromatic heterocycles. The Bertz CT molecular complexity index is 753. The molecule has 0 heterocycles. The fraction of sp³-hybridized carbons (Fsp3) is 0.593. The quantitative estimate of drug-likeness (QED) is 0.211. The maximum Gasteiger partial charge on any atom is 0.312 e. The Kier molecular flexibility index (Phi) is 8.14. The molecule has 2 rings (SSSR count). The second-order valence-electron chi connectivity index (χ2n) is 10.0. The van der Waals surface area contributed by atoms with E-state index in [1.165, 1.54) is 11.1 Å². The van der Waals surface area contributed by atoms with E-state index in [2.05, 4.69) is 63.0 Å². The molecule has 158 valence electrons. The van der Waals surface area contributed by atoms with Gasteiger partial charge in [-0.2, -0.15) is 0 Å². The summed E-state index contributed by atoms with van der Waals surface area (Å²) in [5.74, 6) is 6.82. The lowest BCUT2D eigenvalue weighted by Crippen LogP contribution is -2.29. The van der Waals surface area contributed by atoms with Crippen molar-refractivity contribution in [3.05, 3.63) is 47.5 Å². The summed E-state index contributed by atoms with van der Waals surface area (Å²) >= 11 is 0. The van der Waals surface area contributed by atoms with Gasteiger partial charge in [0.25, 0.3) is 0 Å². The van der Waals surface area contributed by atoms with Gasteiger partial charge in [-0.3, -0.25) is 4.79 Å². The largest absolute Gasteiger partial charge is 0.448 e. The van der Waals surface area contributed by atoms with Crippen LogP contribution in [0.15, 0.2) is 42.0 Å². The first-order chi connectivity index (χ1) is 13.6. The van der Waals surface area contributed by atoms with Crippen molar-refractivity contribution in [2.75, 3.05) is 0 Å². The number of rotatable bonds is 8. The number of aryl methyl sites for hydroxylation is 1. The van der Waals surface area contributed by atoms with Gasteiger partial charge in [0, 0.05) is 12.3 Å². The van der Waals surface area contributed by atoms with E-state index in [1.54, 1.807) is 0 Å². The third kappa shape index (κ3) is 7.73. The van der Waals surface area contributed by atoms with E-state index in [4.69, 9.17) is 4.74 Å². The average molecular weight is 395 g/mol. The van der Waals surface area contributed by atoms with Gasteiger partial charge in [-0.25, -0.2) is 0 Å². The Morgan fingerprint density at radius 1 is 1.28 bits per heavy atom. The molecule has 1 fully saturated rings. The molecule has 1 aromatic rings. The monoisotopic (exact) mass is 394 g/mol. The average Bonchev–Trinajstić information content (AvgIpc) is 3.31. The standard InChI is InChI=1S/C27H38O2/c1-21(2)14-13-19-27(6)20-23(27)24(29-25(28)26(3,4)5)18-12-8-11-17-22-15-9-7-10-16-22/h7,9-10,14-16,23-24H,8,11,13,17,19-20H2,1-6H3/t23-,24+,27+/m1/s1. The Hall–Kier alpha value is -2.01. The third-order valence-corrected chi connectivity index (χ3v) is 5.76. The summed E-state index contributed by atoms with van der Waals surface area (Å²) < 4.78 is 5.90. The summed E-state index contributed by atoms with van der Waals surface area (Å²) in [4.78, 5) is 12.5. The number of hydrogen-bond acceptors (Lipinski definition) is 2. The number of carbonyl (C=O) groups is 1. The van der Waals surface area contributed by atoms with E-state index >= 15 is 0 Å². The van der Waals surface area contributed by atoms with Gasteiger partial charge in [0.1, 0.15) is 0 Å². The molecule has 0 aliphatic heterocycles. The first kappa shape index (κ1) is 23.3. The van der Waals surface area contributed by atoms with E-state index in [0.29, 0.717) is 5.92 Å². The smallest absolute Gasteiger partial charge is 0.312 e. The lowest BCUT2D eigenvalue weighted by atomic mass is 9.95. The Morgan fingerprint density at radius 2 is 1.97 bits per heavy atom. The summed E-state index contributed by atoms with van der Waals surface area (Å²) in [6, 6.07) is 10.5. The SMILES string of the molecule is CC(C)=CCC[C@@]1(C)C[C@@H]1[C@H](C#CCCCc1ccccc1)OC(=O)C(C)(C)C. The number of unbranched alkanes of at least 4 members (excludes halogenated alkanes) is 1. The Balaban J connectivity index is 1.95. The second-order valence-corrected chi connectivity index (χ2v) is 10.0. The van der Waals surface area contributed by atoms with Crippen molar-refractivity contribution in [2.45, 2.75) is 86.2 Å². The highest BCUT2D eigenvalue weighted by molar-refractivity contribution is 5.75. The lowest BCUT2D eigenvalue weighted by molar-refractivity contribution is -0.157. The van der Waals surface area contributed by atoms with Gasteiger partial charge in [0.2, 0.25) is 0 Å². The molecule has 1 aliphatic carbocycles. The van der Waals surface area contributed by atoms with Gasteiger partial charge in [0.05, 0.1) is 5.41 Å². The molecule has 2 nitrogen and oxygen atoms in total. The maximum absolute atomic E-state index is 12.5. The highest BCUT2D eigenvalue weighted by Crippen LogP contribution is 2.58. The maximum atomic E-state index is 12.5. The number of carbonyl (C=O) groups excluding carboxylic acids is 1. The molecule has 3 atom stereocenters. The van der Waals surface area contributed by atoms with Crippen molar-refractivity contribution in [3.63, 3.8) is 0 Å². The van der Waals surface area contributed by atoms with E-state index in [0.717, 1.165) is 38.5 Å². The first-order valence-electron chi connectivity index (χ1n) is 11.0. The molecule has 0 saturated heterocycles. The molecule has 2 heteroatoms. The van der Waals surface area contributed by atoms with Gasteiger partial charge in [-0.1, -0.05) is 60.7 Å². The summed E-state index contributed by atoms with van der Waals surface area (Å²) in [6.45, 7) is 12.3. The molecule has 1 saturated carbocycles. The number of benzene rings is 1. The number of hydrogen-bond donors (Lipinski definition) is 0. The van der Waals surface area contributed by atoms with Crippen molar-refractivity contribution < 1.29 is 9.53 Å². The number of esters is 1. The van der Waals surface area contributed by atoms with Crippen LogP contribution in [0.3, 0.4) is 0 Å². The third-order valence-electron chi connectivity index (χ3n) is 5.76. The Labute approximate surface area is 178 Å². The molecule has 0 spiro atoms. The molecular weight excluding hydrogens is 356 g/mol. The fourth-order valence-electron chi connectivity index (χ4n) is 3.60. The Morgan fingerprint density at radius 3 is 2.59 bits per heavy atom. The van der Waals surface area contributed by atoms with Crippen LogP contribution < -0.4 is 0 Å². The van der Waals surface area contributed by atoms with E-state index in [-0.39, 0.29) is 17.5 Å². The minimum absolute atomic E-state index is 0.153. The highest BCUT2D eigenvalue weighted by Gasteiger charge is 2.54. The van der Waals surface area contributed by atoms with Gasteiger partial charge in [-0.05, 0) is 77.7 Å². The van der Waals surface area contributed by atoms with Crippen LogP contribution in [0.4, 0.5) is 0 Å². The van der Waals surface area contributed by atoms with Crippen LogP contribution >= 0.6 is 0 Å². The summed E-state index contributed by atoms with van der Waals surface area (Å²) in [6.07, 6.45) is 8.21. The molecule has 1 aromatic carbocycles. The predicted octanol–water partition coefficient (Wildman–Crippen LogP) is 6.74. The van der Waals surface area contributed by atoms with Crippen LogP contribution in [-0.2, 0) is 16.0 Å². The molecule has 0 unspecified atom stereocenters. The van der Waals surface area contributed by atoms with Crippen molar-refractivity contribution >= 4 is 5.97 Å². The van der Waals surface area contributed by atoms with Gasteiger partial charge < -0.3 is 4.74 Å². The van der Waals surface area contributed by atoms with Gasteiger partial charge in [0.15, 0.2) is 6.10 Å². The molecule has 0 bridgehead atoms. The normalized spacial score (nSPS) is 21.5. The van der Waals surface area contributed by atoms with Gasteiger partial charge in [-0.15, -0.1) is 0 Å². The second kappa shape index (κ2) is 10.1. The first-order valence-corrected chi connectivity index (χ1v) is 11.0. The van der Waals surface area contributed by atoms with Gasteiger partial charge >= 0.3 is 5.97 Å². The van der Waals surface area contributed by atoms with Crippen molar-refractivity contribution in [1.29, 1.82) is 0 Å². The molecular formula is C27H38O2. The van der Waals surface area contributed by atoms with E-state index in [9.17, 15) is 4.79 Å². The minimum atomic E-state index is -0.499.